The molecule has 19 heavy (non-hydrogen) atoms. The zero-order valence-electron chi connectivity index (χ0n) is 11.1. The van der Waals surface area contributed by atoms with Gasteiger partial charge >= 0.3 is 0 Å². The van der Waals surface area contributed by atoms with Crippen molar-refractivity contribution in [3.05, 3.63) is 51.5 Å². The minimum atomic E-state index is -0.556. The Hall–Kier alpha value is -1.33. The summed E-state index contributed by atoms with van der Waals surface area (Å²) in [6.07, 6.45) is 0. The average molecular weight is 282 g/mol. The predicted octanol–water partition coefficient (Wildman–Crippen LogP) is 4.14. The Morgan fingerprint density at radius 2 is 1.95 bits per heavy atom. The molecule has 1 heterocycles. The van der Waals surface area contributed by atoms with Crippen LogP contribution in [0, 0.1) is 18.6 Å². The first-order chi connectivity index (χ1) is 8.99. The molecule has 0 radical (unpaired) electrons. The summed E-state index contributed by atoms with van der Waals surface area (Å²) in [5.74, 6) is -1.08. The summed E-state index contributed by atoms with van der Waals surface area (Å²) in [5, 5.41) is 3.31. The Morgan fingerprint density at radius 1 is 1.21 bits per heavy atom. The molecular weight excluding hydrogens is 266 g/mol. The zero-order chi connectivity index (χ0) is 14.0. The normalized spacial score (nSPS) is 14.4. The molecule has 5 heteroatoms. The van der Waals surface area contributed by atoms with Gasteiger partial charge in [0.15, 0.2) is 0 Å². The highest BCUT2D eigenvalue weighted by Crippen LogP contribution is 2.25. The van der Waals surface area contributed by atoms with Crippen LogP contribution in [0.2, 0.25) is 0 Å². The molecule has 0 saturated heterocycles. The number of hydrogen-bond donors (Lipinski definition) is 1. The molecule has 0 spiro atoms. The first-order valence-corrected chi connectivity index (χ1v) is 6.98. The topological polar surface area (TPSA) is 24.9 Å². The molecule has 0 aliphatic heterocycles. The third kappa shape index (κ3) is 3.16. The number of aryl methyl sites for hydroxylation is 1. The van der Waals surface area contributed by atoms with Crippen LogP contribution in [0.4, 0.5) is 8.78 Å². The van der Waals surface area contributed by atoms with E-state index in [2.05, 4.69) is 10.3 Å². The van der Waals surface area contributed by atoms with E-state index in [9.17, 15) is 8.78 Å². The van der Waals surface area contributed by atoms with Gasteiger partial charge < -0.3 is 5.32 Å². The molecule has 2 unspecified atom stereocenters. The van der Waals surface area contributed by atoms with Crippen LogP contribution in [0.25, 0.3) is 0 Å². The molecule has 1 N–H and O–H groups in total. The Labute approximate surface area is 115 Å². The second-order valence-corrected chi connectivity index (χ2v) is 5.46. The molecule has 0 aliphatic rings. The van der Waals surface area contributed by atoms with Gasteiger partial charge in [-0.3, -0.25) is 0 Å². The molecule has 1 aromatic heterocycles. The summed E-state index contributed by atoms with van der Waals surface area (Å²) >= 11 is 1.57. The number of nitrogens with one attached hydrogen (secondary N) is 1. The maximum atomic E-state index is 13.7. The van der Waals surface area contributed by atoms with Crippen molar-refractivity contribution in [2.75, 3.05) is 0 Å². The Balaban J connectivity index is 2.13. The molecule has 2 nitrogen and oxygen atoms in total. The van der Waals surface area contributed by atoms with Crippen molar-refractivity contribution in [3.63, 3.8) is 0 Å². The van der Waals surface area contributed by atoms with Crippen molar-refractivity contribution in [1.82, 2.24) is 10.3 Å². The van der Waals surface area contributed by atoms with Crippen molar-refractivity contribution in [2.24, 2.45) is 0 Å². The van der Waals surface area contributed by atoms with E-state index in [1.165, 1.54) is 12.1 Å². The summed E-state index contributed by atoms with van der Waals surface area (Å²) in [5.41, 5.74) is 3.25. The fourth-order valence-corrected chi connectivity index (χ4v) is 2.94. The molecule has 2 aromatic rings. The fraction of sp³-hybridized carbons (Fsp3) is 0.357. The number of benzene rings is 1. The summed E-state index contributed by atoms with van der Waals surface area (Å²) in [7, 11) is 0. The average Bonchev–Trinajstić information content (AvgIpc) is 2.75. The van der Waals surface area contributed by atoms with Gasteiger partial charge in [0.25, 0.3) is 0 Å². The van der Waals surface area contributed by atoms with E-state index < -0.39 is 11.6 Å². The van der Waals surface area contributed by atoms with Gasteiger partial charge in [0.2, 0.25) is 0 Å². The molecule has 0 bridgehead atoms. The van der Waals surface area contributed by atoms with Gasteiger partial charge in [-0.2, -0.15) is 0 Å². The van der Waals surface area contributed by atoms with Crippen molar-refractivity contribution in [3.8, 4) is 0 Å². The quantitative estimate of drug-likeness (QED) is 0.911. The zero-order valence-corrected chi connectivity index (χ0v) is 11.9. The van der Waals surface area contributed by atoms with Crippen LogP contribution in [0.15, 0.2) is 23.7 Å². The van der Waals surface area contributed by atoms with Crippen molar-refractivity contribution in [1.29, 1.82) is 0 Å². The number of rotatable bonds is 4. The van der Waals surface area contributed by atoms with E-state index in [4.69, 9.17) is 0 Å². The second-order valence-electron chi connectivity index (χ2n) is 4.58. The Morgan fingerprint density at radius 3 is 2.53 bits per heavy atom. The predicted molar refractivity (Wildman–Crippen MR) is 73.2 cm³/mol. The first-order valence-electron chi connectivity index (χ1n) is 6.10. The molecule has 2 rings (SSSR count). The van der Waals surface area contributed by atoms with Gasteiger partial charge in [0.05, 0.1) is 11.2 Å². The van der Waals surface area contributed by atoms with Gasteiger partial charge in [0.1, 0.15) is 11.6 Å². The smallest absolute Gasteiger partial charge is 0.130 e. The van der Waals surface area contributed by atoms with Gasteiger partial charge in [-0.05, 0) is 26.8 Å². The standard InChI is InChI=1S/C14H16F2N2S/c1-8(12-5-4-11(15)6-13(12)16)18-10(3)14-9(2)17-7-19-14/h4-8,10,18H,1-3H3. The lowest BCUT2D eigenvalue weighted by molar-refractivity contribution is 0.473. The van der Waals surface area contributed by atoms with Crippen LogP contribution in [0.5, 0.6) is 0 Å². The molecular formula is C14H16F2N2S. The van der Waals surface area contributed by atoms with Crippen LogP contribution in [-0.2, 0) is 0 Å². The molecule has 0 aliphatic carbocycles. The molecule has 0 amide bonds. The maximum Gasteiger partial charge on any atom is 0.130 e. The summed E-state index contributed by atoms with van der Waals surface area (Å²) in [6, 6.07) is 3.55. The SMILES string of the molecule is Cc1ncsc1C(C)NC(C)c1ccc(F)cc1F. The van der Waals surface area contributed by atoms with Crippen LogP contribution in [-0.4, -0.2) is 4.98 Å². The maximum absolute atomic E-state index is 13.7. The van der Waals surface area contributed by atoms with Gasteiger partial charge in [-0.1, -0.05) is 6.07 Å². The summed E-state index contributed by atoms with van der Waals surface area (Å²) in [4.78, 5) is 5.34. The van der Waals surface area contributed by atoms with Crippen LogP contribution in [0.1, 0.15) is 42.1 Å². The lowest BCUT2D eigenvalue weighted by Gasteiger charge is -2.20. The number of halogens is 2. The van der Waals surface area contributed by atoms with Crippen LogP contribution in [0.3, 0.4) is 0 Å². The van der Waals surface area contributed by atoms with Crippen LogP contribution >= 0.6 is 11.3 Å². The molecule has 0 saturated carbocycles. The lowest BCUT2D eigenvalue weighted by Crippen LogP contribution is -2.23. The second kappa shape index (κ2) is 5.75. The van der Waals surface area contributed by atoms with Gasteiger partial charge in [-0.15, -0.1) is 11.3 Å². The van der Waals surface area contributed by atoms with E-state index in [-0.39, 0.29) is 12.1 Å². The lowest BCUT2D eigenvalue weighted by atomic mass is 10.1. The highest BCUT2D eigenvalue weighted by Gasteiger charge is 2.17. The highest BCUT2D eigenvalue weighted by molar-refractivity contribution is 7.09. The Bertz CT molecular complexity index is 568. The monoisotopic (exact) mass is 282 g/mol. The molecule has 102 valence electrons. The van der Waals surface area contributed by atoms with E-state index in [1.54, 1.807) is 16.8 Å². The Kier molecular flexibility index (Phi) is 4.27. The van der Waals surface area contributed by atoms with E-state index >= 15 is 0 Å². The minimum absolute atomic E-state index is 0.0759. The summed E-state index contributed by atoms with van der Waals surface area (Å²) < 4.78 is 26.6. The number of aromatic nitrogens is 1. The van der Waals surface area contributed by atoms with E-state index in [0.717, 1.165) is 16.6 Å². The first kappa shape index (κ1) is 14.1. The van der Waals surface area contributed by atoms with Gasteiger partial charge in [-0.25, -0.2) is 13.8 Å². The molecule has 1 aromatic carbocycles. The number of hydrogen-bond acceptors (Lipinski definition) is 3. The third-order valence-corrected chi connectivity index (χ3v) is 4.22. The minimum Gasteiger partial charge on any atom is -0.303 e. The van der Waals surface area contributed by atoms with E-state index in [1.807, 2.05) is 20.8 Å². The van der Waals surface area contributed by atoms with Crippen molar-refractivity contribution < 1.29 is 8.78 Å². The highest BCUT2D eigenvalue weighted by atomic mass is 32.1. The van der Waals surface area contributed by atoms with Crippen molar-refractivity contribution in [2.45, 2.75) is 32.9 Å². The van der Waals surface area contributed by atoms with Crippen molar-refractivity contribution >= 4 is 11.3 Å². The molecule has 2 atom stereocenters. The number of nitrogens with zero attached hydrogens (tertiary/aromatic N) is 1. The third-order valence-electron chi connectivity index (χ3n) is 3.10. The molecule has 0 fully saturated rings. The van der Waals surface area contributed by atoms with E-state index in [0.29, 0.717) is 5.56 Å². The number of thiazole rings is 1. The van der Waals surface area contributed by atoms with Crippen LogP contribution < -0.4 is 5.32 Å². The fourth-order valence-electron chi connectivity index (χ4n) is 2.12. The van der Waals surface area contributed by atoms with Gasteiger partial charge in [0, 0.05) is 28.6 Å². The largest absolute Gasteiger partial charge is 0.303 e. The summed E-state index contributed by atoms with van der Waals surface area (Å²) in [6.45, 7) is 5.83.